The van der Waals surface area contributed by atoms with Crippen molar-refractivity contribution in [3.8, 4) is 0 Å². The lowest BCUT2D eigenvalue weighted by Crippen LogP contribution is -2.43. The molecular formula is C15H26N2O. The summed E-state index contributed by atoms with van der Waals surface area (Å²) in [6.45, 7) is 8.41. The third-order valence-corrected chi connectivity index (χ3v) is 2.76. The Hall–Kier alpha value is -0.900. The van der Waals surface area contributed by atoms with Crippen LogP contribution in [0.1, 0.15) is 26.3 Å². The lowest BCUT2D eigenvalue weighted by atomic mass is 10.1. The average molecular weight is 250 g/mol. The zero-order chi connectivity index (χ0) is 13.4. The molecule has 1 aromatic carbocycles. The fourth-order valence-corrected chi connectivity index (χ4v) is 1.81. The number of aliphatic hydroxyl groups excluding tert-OH is 1. The van der Waals surface area contributed by atoms with E-state index >= 15 is 0 Å². The fraction of sp³-hybridized carbons (Fsp3) is 0.600. The Balaban J connectivity index is 2.26. The highest BCUT2D eigenvalue weighted by molar-refractivity contribution is 5.15. The molecule has 0 unspecified atom stereocenters. The van der Waals surface area contributed by atoms with Crippen molar-refractivity contribution in [1.29, 1.82) is 0 Å². The van der Waals surface area contributed by atoms with Crippen molar-refractivity contribution in [1.82, 2.24) is 10.6 Å². The van der Waals surface area contributed by atoms with E-state index in [1.165, 1.54) is 5.56 Å². The molecule has 1 atom stereocenters. The number of aliphatic hydroxyl groups is 1. The first-order chi connectivity index (χ1) is 8.51. The first-order valence-electron chi connectivity index (χ1n) is 6.64. The van der Waals surface area contributed by atoms with Gasteiger partial charge in [0.2, 0.25) is 0 Å². The minimum Gasteiger partial charge on any atom is -0.395 e. The van der Waals surface area contributed by atoms with E-state index in [1.54, 1.807) is 0 Å². The maximum atomic E-state index is 9.36. The first-order valence-corrected chi connectivity index (χ1v) is 6.64. The summed E-state index contributed by atoms with van der Waals surface area (Å²) in [4.78, 5) is 0. The molecule has 1 rings (SSSR count). The summed E-state index contributed by atoms with van der Waals surface area (Å²) in [5.41, 5.74) is 1.41. The van der Waals surface area contributed by atoms with Gasteiger partial charge in [0, 0.05) is 24.7 Å². The van der Waals surface area contributed by atoms with Crippen LogP contribution < -0.4 is 10.6 Å². The Kier molecular flexibility index (Phi) is 6.33. The third kappa shape index (κ3) is 6.74. The Morgan fingerprint density at radius 1 is 1.11 bits per heavy atom. The number of rotatable bonds is 7. The second-order valence-electron chi connectivity index (χ2n) is 5.70. The smallest absolute Gasteiger partial charge is 0.0587 e. The molecule has 3 N–H and O–H groups in total. The molecule has 0 fully saturated rings. The molecule has 3 nitrogen and oxygen atoms in total. The number of nitrogens with one attached hydrogen (secondary N) is 2. The number of hydrogen-bond donors (Lipinski definition) is 3. The van der Waals surface area contributed by atoms with Gasteiger partial charge in [0.1, 0.15) is 0 Å². The summed E-state index contributed by atoms with van der Waals surface area (Å²) >= 11 is 0. The number of benzene rings is 1. The van der Waals surface area contributed by atoms with Crippen molar-refractivity contribution in [3.63, 3.8) is 0 Å². The molecule has 0 saturated heterocycles. The summed E-state index contributed by atoms with van der Waals surface area (Å²) in [6.07, 6.45) is 0.868. The van der Waals surface area contributed by atoms with Crippen LogP contribution in [0, 0.1) is 0 Å². The first kappa shape index (κ1) is 15.2. The van der Waals surface area contributed by atoms with Gasteiger partial charge in [-0.3, -0.25) is 0 Å². The minimum absolute atomic E-state index is 0.133. The van der Waals surface area contributed by atoms with Gasteiger partial charge in [-0.25, -0.2) is 0 Å². The molecule has 1 aromatic rings. The van der Waals surface area contributed by atoms with Crippen LogP contribution in [-0.4, -0.2) is 36.4 Å². The summed E-state index contributed by atoms with van der Waals surface area (Å²) in [5.74, 6) is 0. The summed E-state index contributed by atoms with van der Waals surface area (Å²) in [6, 6.07) is 10.4. The molecular weight excluding hydrogens is 224 g/mol. The van der Waals surface area contributed by atoms with Gasteiger partial charge in [0.25, 0.3) is 0 Å². The summed E-state index contributed by atoms with van der Waals surface area (Å²) in [5, 5.41) is 16.2. The monoisotopic (exact) mass is 250 g/mol. The molecule has 0 radical (unpaired) electrons. The van der Waals surface area contributed by atoms with Crippen molar-refractivity contribution < 1.29 is 5.11 Å². The largest absolute Gasteiger partial charge is 0.395 e. The minimum atomic E-state index is 0.133. The van der Waals surface area contributed by atoms with Gasteiger partial charge in [0.05, 0.1) is 6.61 Å². The molecule has 0 aliphatic heterocycles. The zero-order valence-corrected chi connectivity index (χ0v) is 11.7. The van der Waals surface area contributed by atoms with Gasteiger partial charge in [-0.1, -0.05) is 30.3 Å². The topological polar surface area (TPSA) is 44.3 Å². The van der Waals surface area contributed by atoms with Crippen LogP contribution in [0.5, 0.6) is 0 Å². The fourth-order valence-electron chi connectivity index (χ4n) is 1.81. The van der Waals surface area contributed by atoms with Crippen LogP contribution >= 0.6 is 0 Å². The SMILES string of the molecule is CC(C)(C)NCCN[C@@H](CO)Cc1ccccc1. The van der Waals surface area contributed by atoms with Gasteiger partial charge >= 0.3 is 0 Å². The van der Waals surface area contributed by atoms with Crippen LogP contribution in [0.3, 0.4) is 0 Å². The van der Waals surface area contributed by atoms with Gasteiger partial charge < -0.3 is 15.7 Å². The van der Waals surface area contributed by atoms with Gasteiger partial charge in [-0.05, 0) is 32.8 Å². The van der Waals surface area contributed by atoms with Crippen molar-refractivity contribution in [2.24, 2.45) is 0 Å². The van der Waals surface area contributed by atoms with E-state index in [4.69, 9.17) is 0 Å². The molecule has 0 amide bonds. The van der Waals surface area contributed by atoms with Crippen LogP contribution in [0.25, 0.3) is 0 Å². The number of hydrogen-bond acceptors (Lipinski definition) is 3. The second kappa shape index (κ2) is 7.52. The van der Waals surface area contributed by atoms with E-state index in [2.05, 4.69) is 43.5 Å². The van der Waals surface area contributed by atoms with Crippen LogP contribution in [0.15, 0.2) is 30.3 Å². The van der Waals surface area contributed by atoms with E-state index in [1.807, 2.05) is 18.2 Å². The average Bonchev–Trinajstić information content (AvgIpc) is 2.33. The molecule has 0 aliphatic carbocycles. The molecule has 0 heterocycles. The van der Waals surface area contributed by atoms with E-state index in [9.17, 15) is 5.11 Å². The van der Waals surface area contributed by atoms with Crippen LogP contribution in [0.4, 0.5) is 0 Å². The van der Waals surface area contributed by atoms with Crippen LogP contribution in [-0.2, 0) is 6.42 Å². The predicted molar refractivity (Wildman–Crippen MR) is 76.8 cm³/mol. The molecule has 0 bridgehead atoms. The third-order valence-electron chi connectivity index (χ3n) is 2.76. The Morgan fingerprint density at radius 3 is 2.33 bits per heavy atom. The molecule has 0 aliphatic rings. The van der Waals surface area contributed by atoms with Crippen LogP contribution in [0.2, 0.25) is 0 Å². The molecule has 0 saturated carbocycles. The highest BCUT2D eigenvalue weighted by atomic mass is 16.3. The van der Waals surface area contributed by atoms with E-state index in [0.717, 1.165) is 19.5 Å². The lowest BCUT2D eigenvalue weighted by Gasteiger charge is -2.22. The standard InChI is InChI=1S/C15H26N2O/c1-15(2,3)17-10-9-16-14(12-18)11-13-7-5-4-6-8-13/h4-8,14,16-18H,9-12H2,1-3H3/t14-/m1/s1. The van der Waals surface area contributed by atoms with E-state index < -0.39 is 0 Å². The highest BCUT2D eigenvalue weighted by Crippen LogP contribution is 2.02. The zero-order valence-electron chi connectivity index (χ0n) is 11.7. The van der Waals surface area contributed by atoms with Crippen molar-refractivity contribution in [2.75, 3.05) is 19.7 Å². The molecule has 18 heavy (non-hydrogen) atoms. The molecule has 0 aromatic heterocycles. The second-order valence-corrected chi connectivity index (χ2v) is 5.70. The normalized spacial score (nSPS) is 13.6. The maximum absolute atomic E-state index is 9.36. The van der Waals surface area contributed by atoms with E-state index in [-0.39, 0.29) is 18.2 Å². The van der Waals surface area contributed by atoms with E-state index in [0.29, 0.717) is 0 Å². The van der Waals surface area contributed by atoms with Crippen molar-refractivity contribution >= 4 is 0 Å². The quantitative estimate of drug-likeness (QED) is 0.644. The molecule has 0 spiro atoms. The molecule has 102 valence electrons. The molecule has 3 heteroatoms. The maximum Gasteiger partial charge on any atom is 0.0587 e. The van der Waals surface area contributed by atoms with Crippen molar-refractivity contribution in [3.05, 3.63) is 35.9 Å². The van der Waals surface area contributed by atoms with Gasteiger partial charge in [-0.15, -0.1) is 0 Å². The Bertz CT molecular complexity index is 319. The predicted octanol–water partition coefficient (Wildman–Crippen LogP) is 1.57. The van der Waals surface area contributed by atoms with Gasteiger partial charge in [0.15, 0.2) is 0 Å². The Labute approximate surface area is 111 Å². The van der Waals surface area contributed by atoms with Crippen molar-refractivity contribution in [2.45, 2.75) is 38.8 Å². The summed E-state index contributed by atoms with van der Waals surface area (Å²) in [7, 11) is 0. The summed E-state index contributed by atoms with van der Waals surface area (Å²) < 4.78 is 0. The highest BCUT2D eigenvalue weighted by Gasteiger charge is 2.10. The van der Waals surface area contributed by atoms with Gasteiger partial charge in [-0.2, -0.15) is 0 Å². The lowest BCUT2D eigenvalue weighted by molar-refractivity contribution is 0.240. The Morgan fingerprint density at radius 2 is 1.78 bits per heavy atom.